The number of rotatable bonds is 31. The second kappa shape index (κ2) is 43.0. The molecule has 6 amide bonds. The summed E-state index contributed by atoms with van der Waals surface area (Å²) >= 11 is 0. The van der Waals surface area contributed by atoms with E-state index in [-0.39, 0.29) is 96.2 Å². The van der Waals surface area contributed by atoms with E-state index < -0.39 is 72.4 Å². The topological polar surface area (TPSA) is 388 Å². The molecule has 30 nitrogen and oxygen atoms in total. The zero-order chi connectivity index (χ0) is 67.5. The number of benzene rings is 2. The van der Waals surface area contributed by atoms with Crippen molar-refractivity contribution in [1.82, 2.24) is 10.6 Å². The van der Waals surface area contributed by atoms with Crippen molar-refractivity contribution in [2.75, 3.05) is 107 Å². The van der Waals surface area contributed by atoms with Crippen LogP contribution < -0.4 is 31.9 Å². The van der Waals surface area contributed by atoms with Gasteiger partial charge in [0.15, 0.2) is 0 Å². The van der Waals surface area contributed by atoms with Crippen molar-refractivity contribution in [3.63, 3.8) is 0 Å². The average molecular weight is 1270 g/mol. The van der Waals surface area contributed by atoms with Gasteiger partial charge in [0.1, 0.15) is 79.3 Å². The Labute approximate surface area is 519 Å². The second-order valence-electron chi connectivity index (χ2n) is 19.3. The predicted octanol–water partition coefficient (Wildman–Crippen LogP) is 7.58. The second-order valence-corrected chi connectivity index (χ2v) is 19.3. The Hall–Kier alpha value is -10.7. The lowest BCUT2D eigenvalue weighted by Crippen LogP contribution is -2.50. The summed E-state index contributed by atoms with van der Waals surface area (Å²) < 4.78 is 57.8. The van der Waals surface area contributed by atoms with Gasteiger partial charge >= 0.3 is 72.4 Å². The van der Waals surface area contributed by atoms with Gasteiger partial charge in [-0.1, -0.05) is 66.3 Å². The van der Waals surface area contributed by atoms with Gasteiger partial charge in [0.2, 0.25) is 0 Å². The summed E-state index contributed by atoms with van der Waals surface area (Å²) in [5.74, 6) is -3.61. The summed E-state index contributed by atoms with van der Waals surface area (Å²) in [5.41, 5.74) is 2.55. The molecule has 0 bridgehead atoms. The van der Waals surface area contributed by atoms with E-state index in [1.807, 2.05) is 6.92 Å². The maximum Gasteiger partial charge on any atom is 0.411 e. The number of hydrogen-bond acceptors (Lipinski definition) is 24. The van der Waals surface area contributed by atoms with E-state index in [2.05, 4.69) is 104 Å². The van der Waals surface area contributed by atoms with Gasteiger partial charge < -0.3 is 67.5 Å². The minimum absolute atomic E-state index is 0.0506. The molecule has 6 N–H and O–H groups in total. The number of alkyl carbamates (subject to hydrolysis) is 2. The Morgan fingerprint density at radius 2 is 0.744 bits per heavy atom. The molecule has 3 rings (SSSR count). The maximum atomic E-state index is 12.1. The van der Waals surface area contributed by atoms with Crippen LogP contribution in [0.15, 0.2) is 112 Å². The number of aryl methyl sites for hydroxylation is 1. The molecule has 492 valence electrons. The molecule has 0 spiro atoms. The highest BCUT2D eigenvalue weighted by Gasteiger charge is 2.42. The van der Waals surface area contributed by atoms with Crippen LogP contribution in [0.3, 0.4) is 0 Å². The summed E-state index contributed by atoms with van der Waals surface area (Å²) in [6.07, 6.45) is 4.13. The third kappa shape index (κ3) is 35.7. The Kier molecular flexibility index (Phi) is 37.0. The number of hydrogen-bond donors (Lipinski definition) is 6. The van der Waals surface area contributed by atoms with Crippen LogP contribution in [0.5, 0.6) is 0 Å². The molecule has 0 heterocycles. The summed E-state index contributed by atoms with van der Waals surface area (Å²) in [7, 11) is 0. The average Bonchev–Trinajstić information content (AvgIpc) is 1.01. The van der Waals surface area contributed by atoms with Crippen LogP contribution in [-0.2, 0) is 85.6 Å². The van der Waals surface area contributed by atoms with Gasteiger partial charge in [-0.25, -0.2) is 57.5 Å². The highest BCUT2D eigenvalue weighted by molar-refractivity contribution is 5.92. The van der Waals surface area contributed by atoms with E-state index in [0.717, 1.165) is 49.3 Å². The van der Waals surface area contributed by atoms with Gasteiger partial charge in [-0.2, -0.15) is 0 Å². The zero-order valence-corrected chi connectivity index (χ0v) is 50.9. The summed E-state index contributed by atoms with van der Waals surface area (Å²) in [6.45, 7) is 28.4. The number of esters is 6. The lowest BCUT2D eigenvalue weighted by molar-refractivity contribution is -0.139. The molecular weight excluding hydrogens is 1190 g/mol. The van der Waals surface area contributed by atoms with Crippen LogP contribution in [0, 0.1) is 24.7 Å². The highest BCUT2D eigenvalue weighted by Crippen LogP contribution is 2.46. The molecule has 2 unspecified atom stereocenters. The highest BCUT2D eigenvalue weighted by atomic mass is 16.6. The first-order valence-corrected chi connectivity index (χ1v) is 27.3. The Bertz CT molecular complexity index is 2790. The smallest absolute Gasteiger partial charge is 0.411 e. The third-order valence-corrected chi connectivity index (χ3v) is 11.3. The number of carbonyl (C=O) groups excluding carboxylic acids is 12. The first-order valence-electron chi connectivity index (χ1n) is 27.3. The third-order valence-electron chi connectivity index (χ3n) is 11.3. The molecule has 1 saturated carbocycles. The maximum absolute atomic E-state index is 12.1. The molecule has 30 heteroatoms. The van der Waals surface area contributed by atoms with E-state index in [1.165, 1.54) is 0 Å². The van der Waals surface area contributed by atoms with E-state index >= 15 is 0 Å². The van der Waals surface area contributed by atoms with E-state index in [0.29, 0.717) is 46.8 Å². The fourth-order valence-corrected chi connectivity index (χ4v) is 7.81. The number of carbonyl (C=O) groups is 12. The van der Waals surface area contributed by atoms with Crippen molar-refractivity contribution in [2.24, 2.45) is 10.8 Å². The fourth-order valence-electron chi connectivity index (χ4n) is 7.81. The number of ether oxygens (including phenoxy) is 12. The first kappa shape index (κ1) is 77.3. The van der Waals surface area contributed by atoms with Crippen LogP contribution in [0.2, 0.25) is 0 Å². The summed E-state index contributed by atoms with van der Waals surface area (Å²) in [4.78, 5) is 136. The Morgan fingerprint density at radius 3 is 1.10 bits per heavy atom. The molecule has 0 aromatic heterocycles. The molecular formula is C60H78N6O24. The van der Waals surface area contributed by atoms with Gasteiger partial charge in [0, 0.05) is 71.8 Å². The quantitative estimate of drug-likeness (QED) is 0.0183. The normalized spacial score (nSPS) is 13.8. The van der Waals surface area contributed by atoms with Gasteiger partial charge in [-0.15, -0.1) is 0 Å². The SMILES string of the molecule is C=CC(=O)OCCOC(=O)NCC1(C)CC(NC(=O)OCCOC(=O)C=C)CC(C)(C)C1.C=CC(=O)OCCOC(=O)Nc1ccc(NC(=O)OCCOC(=O)C=C)c(C)c1.C=CC(=O)OCCOC(=O)Nc1cccc(NC(=O)OCCOC(=O)C=C)c1C. The van der Waals surface area contributed by atoms with E-state index in [1.54, 1.807) is 50.2 Å². The molecule has 0 aliphatic heterocycles. The lowest BCUT2D eigenvalue weighted by atomic mass is 9.62. The van der Waals surface area contributed by atoms with Crippen LogP contribution >= 0.6 is 0 Å². The van der Waals surface area contributed by atoms with Crippen LogP contribution in [0.25, 0.3) is 0 Å². The largest absolute Gasteiger partial charge is 0.459 e. The molecule has 1 fully saturated rings. The standard InChI is InChI=1S/C22H34N2O8.2C19H22N2O8/c1-6-17(25)29-8-10-31-19(27)23-15-22(5)13-16(12-21(3,4)14-22)24-20(28)32-11-9-30-18(26)7-2;1-4-16(22)26-8-10-28-18(24)20-14-6-7-15(13(3)12-14)21-19(25)29-11-9-27-17(23)5-2;1-4-16(22)26-9-11-28-18(24)20-14-7-6-8-15(13(14)3)21-19(25)29-12-10-27-17(23)5-2/h6-7,16H,1-2,8-15H2,3-5H3,(H,23,27)(H,24,28);4-7,12H,1-2,8-11H2,3H3,(H,20,24)(H,21,25);4-8H,1-2,9-12H2,3H3,(H,20,24)(H,21,25). The Morgan fingerprint density at radius 1 is 0.422 bits per heavy atom. The summed E-state index contributed by atoms with van der Waals surface area (Å²) in [5, 5.41) is 15.7. The van der Waals surface area contributed by atoms with Crippen molar-refractivity contribution < 1.29 is 114 Å². The molecule has 90 heavy (non-hydrogen) atoms. The van der Waals surface area contributed by atoms with Crippen molar-refractivity contribution >= 4 is 95.1 Å². The van der Waals surface area contributed by atoms with Gasteiger partial charge in [0.25, 0.3) is 0 Å². The van der Waals surface area contributed by atoms with Gasteiger partial charge in [-0.3, -0.25) is 21.3 Å². The van der Waals surface area contributed by atoms with Crippen LogP contribution in [0.1, 0.15) is 51.2 Å². The number of amides is 6. The monoisotopic (exact) mass is 1270 g/mol. The molecule has 2 aromatic carbocycles. The van der Waals surface area contributed by atoms with Crippen LogP contribution in [0.4, 0.5) is 51.5 Å². The molecule has 1 aliphatic rings. The van der Waals surface area contributed by atoms with Crippen LogP contribution in [-0.4, -0.2) is 164 Å². The van der Waals surface area contributed by atoms with E-state index in [4.69, 9.17) is 37.9 Å². The molecule has 1 aliphatic carbocycles. The number of anilines is 4. The minimum atomic E-state index is -0.758. The van der Waals surface area contributed by atoms with Crippen molar-refractivity contribution in [3.05, 3.63) is 123 Å². The molecule has 0 saturated heterocycles. The van der Waals surface area contributed by atoms with Crippen molar-refractivity contribution in [3.8, 4) is 0 Å². The van der Waals surface area contributed by atoms with Crippen molar-refractivity contribution in [1.29, 1.82) is 0 Å². The number of nitrogens with one attached hydrogen (secondary N) is 6. The lowest BCUT2D eigenvalue weighted by Gasteiger charge is -2.46. The first-order chi connectivity index (χ1) is 42.7. The molecule has 2 atom stereocenters. The van der Waals surface area contributed by atoms with E-state index in [9.17, 15) is 57.5 Å². The molecule has 2 aromatic rings. The van der Waals surface area contributed by atoms with Gasteiger partial charge in [0.05, 0.1) is 0 Å². The van der Waals surface area contributed by atoms with Gasteiger partial charge in [-0.05, 0) is 85.4 Å². The minimum Gasteiger partial charge on any atom is -0.459 e. The predicted molar refractivity (Wildman–Crippen MR) is 323 cm³/mol. The fraction of sp³-hybridized carbons (Fsp3) is 0.400. The Balaban J connectivity index is 0.000000676. The molecule has 0 radical (unpaired) electrons. The zero-order valence-electron chi connectivity index (χ0n) is 50.9. The summed E-state index contributed by atoms with van der Waals surface area (Å²) in [6, 6.07) is 9.40. The van der Waals surface area contributed by atoms with Crippen molar-refractivity contribution in [2.45, 2.75) is 59.9 Å².